The van der Waals surface area contributed by atoms with Gasteiger partial charge in [0.1, 0.15) is 5.69 Å². The standard InChI is InChI=1S/C12H10N2O2/c1-14-11(12(15)16)9-6-7-4-2-3-5-8(7)10(9)13-14/h2-5H,6H2,1H3,(H,15,16). The van der Waals surface area contributed by atoms with E-state index in [1.807, 2.05) is 24.3 Å². The maximum absolute atomic E-state index is 11.1. The van der Waals surface area contributed by atoms with E-state index >= 15 is 0 Å². The van der Waals surface area contributed by atoms with Crippen LogP contribution in [0.3, 0.4) is 0 Å². The van der Waals surface area contributed by atoms with Gasteiger partial charge in [0, 0.05) is 24.6 Å². The monoisotopic (exact) mass is 214 g/mol. The average molecular weight is 214 g/mol. The van der Waals surface area contributed by atoms with Gasteiger partial charge in [-0.25, -0.2) is 4.79 Å². The van der Waals surface area contributed by atoms with Crippen LogP contribution in [0.25, 0.3) is 11.3 Å². The SMILES string of the molecule is Cn1nc2c(c1C(=O)O)Cc1ccccc1-2. The van der Waals surface area contributed by atoms with Crippen LogP contribution in [0.5, 0.6) is 0 Å². The Morgan fingerprint density at radius 1 is 1.44 bits per heavy atom. The summed E-state index contributed by atoms with van der Waals surface area (Å²) >= 11 is 0. The van der Waals surface area contributed by atoms with Crippen molar-refractivity contribution in [2.75, 3.05) is 0 Å². The summed E-state index contributed by atoms with van der Waals surface area (Å²) in [6.07, 6.45) is 0.668. The van der Waals surface area contributed by atoms with Crippen LogP contribution < -0.4 is 0 Å². The Bertz CT molecular complexity index is 599. The summed E-state index contributed by atoms with van der Waals surface area (Å²) in [7, 11) is 1.67. The van der Waals surface area contributed by atoms with E-state index in [9.17, 15) is 4.79 Å². The van der Waals surface area contributed by atoms with Crippen LogP contribution in [-0.2, 0) is 13.5 Å². The molecule has 4 nitrogen and oxygen atoms in total. The molecule has 0 bridgehead atoms. The first-order valence-corrected chi connectivity index (χ1v) is 5.06. The van der Waals surface area contributed by atoms with Gasteiger partial charge in [-0.2, -0.15) is 5.10 Å². The maximum Gasteiger partial charge on any atom is 0.354 e. The van der Waals surface area contributed by atoms with Gasteiger partial charge >= 0.3 is 5.97 Å². The number of carboxylic acids is 1. The first kappa shape index (κ1) is 9.15. The average Bonchev–Trinajstić information content (AvgIpc) is 2.71. The summed E-state index contributed by atoms with van der Waals surface area (Å²) in [5.74, 6) is -0.913. The van der Waals surface area contributed by atoms with E-state index < -0.39 is 5.97 Å². The van der Waals surface area contributed by atoms with E-state index in [0.29, 0.717) is 12.1 Å². The molecule has 3 rings (SSSR count). The highest BCUT2D eigenvalue weighted by molar-refractivity contribution is 5.92. The molecule has 1 aliphatic carbocycles. The van der Waals surface area contributed by atoms with Crippen LogP contribution in [-0.4, -0.2) is 20.9 Å². The number of carboxylic acid groups (broad SMARTS) is 1. The molecule has 0 saturated heterocycles. The van der Waals surface area contributed by atoms with Gasteiger partial charge in [0.2, 0.25) is 0 Å². The molecular weight excluding hydrogens is 204 g/mol. The largest absolute Gasteiger partial charge is 0.477 e. The second-order valence-corrected chi connectivity index (χ2v) is 3.94. The minimum atomic E-state index is -0.913. The molecule has 0 amide bonds. The quantitative estimate of drug-likeness (QED) is 0.670. The molecule has 1 heterocycles. The summed E-state index contributed by atoms with van der Waals surface area (Å²) in [5, 5.41) is 13.4. The number of rotatable bonds is 1. The molecule has 0 saturated carbocycles. The Labute approximate surface area is 92.1 Å². The number of hydrogen-bond donors (Lipinski definition) is 1. The highest BCUT2D eigenvalue weighted by Crippen LogP contribution is 2.37. The second-order valence-electron chi connectivity index (χ2n) is 3.94. The Morgan fingerprint density at radius 2 is 2.19 bits per heavy atom. The molecular formula is C12H10N2O2. The van der Waals surface area contributed by atoms with Crippen molar-refractivity contribution in [3.8, 4) is 11.3 Å². The first-order chi connectivity index (χ1) is 7.68. The molecule has 1 aromatic carbocycles. The molecule has 1 aliphatic rings. The smallest absolute Gasteiger partial charge is 0.354 e. The van der Waals surface area contributed by atoms with E-state index in [-0.39, 0.29) is 0 Å². The molecule has 0 aliphatic heterocycles. The van der Waals surface area contributed by atoms with Gasteiger partial charge in [-0.3, -0.25) is 4.68 Å². The van der Waals surface area contributed by atoms with Gasteiger partial charge in [-0.05, 0) is 5.56 Å². The lowest BCUT2D eigenvalue weighted by Gasteiger charge is -2.00. The molecule has 1 N–H and O–H groups in total. The zero-order chi connectivity index (χ0) is 11.3. The van der Waals surface area contributed by atoms with Crippen molar-refractivity contribution in [1.82, 2.24) is 9.78 Å². The van der Waals surface area contributed by atoms with Crippen LogP contribution in [0.2, 0.25) is 0 Å². The molecule has 16 heavy (non-hydrogen) atoms. The lowest BCUT2D eigenvalue weighted by molar-refractivity contribution is 0.0684. The van der Waals surface area contributed by atoms with E-state index in [1.165, 1.54) is 4.68 Å². The fourth-order valence-corrected chi connectivity index (χ4v) is 2.32. The van der Waals surface area contributed by atoms with Gasteiger partial charge in [0.05, 0.1) is 5.69 Å². The fraction of sp³-hybridized carbons (Fsp3) is 0.167. The third-order valence-corrected chi connectivity index (χ3v) is 2.99. The molecule has 2 aromatic rings. The number of aryl methyl sites for hydroxylation is 1. The third-order valence-electron chi connectivity index (χ3n) is 2.99. The predicted molar refractivity (Wildman–Crippen MR) is 58.4 cm³/mol. The summed E-state index contributed by atoms with van der Waals surface area (Å²) < 4.78 is 1.45. The number of hydrogen-bond acceptors (Lipinski definition) is 2. The summed E-state index contributed by atoms with van der Waals surface area (Å²) in [5.41, 5.74) is 4.15. The molecule has 4 heteroatoms. The van der Waals surface area contributed by atoms with Crippen molar-refractivity contribution in [1.29, 1.82) is 0 Å². The third kappa shape index (κ3) is 1.04. The highest BCUT2D eigenvalue weighted by Gasteiger charge is 2.28. The van der Waals surface area contributed by atoms with Crippen LogP contribution >= 0.6 is 0 Å². The van der Waals surface area contributed by atoms with Gasteiger partial charge in [-0.1, -0.05) is 24.3 Å². The second kappa shape index (κ2) is 2.95. The van der Waals surface area contributed by atoms with E-state index in [2.05, 4.69) is 5.10 Å². The van der Waals surface area contributed by atoms with Crippen LogP contribution in [0, 0.1) is 0 Å². The fourth-order valence-electron chi connectivity index (χ4n) is 2.32. The predicted octanol–water partition coefficient (Wildman–Crippen LogP) is 1.69. The minimum absolute atomic E-state index is 0.297. The van der Waals surface area contributed by atoms with Crippen LogP contribution in [0.4, 0.5) is 0 Å². The van der Waals surface area contributed by atoms with E-state index in [1.54, 1.807) is 7.05 Å². The number of benzene rings is 1. The topological polar surface area (TPSA) is 55.1 Å². The molecule has 0 radical (unpaired) electrons. The molecule has 0 atom stereocenters. The zero-order valence-corrected chi connectivity index (χ0v) is 8.77. The minimum Gasteiger partial charge on any atom is -0.477 e. The first-order valence-electron chi connectivity index (χ1n) is 5.06. The van der Waals surface area contributed by atoms with E-state index in [0.717, 1.165) is 22.4 Å². The number of aromatic nitrogens is 2. The number of carbonyl (C=O) groups is 1. The number of nitrogens with zero attached hydrogens (tertiary/aromatic N) is 2. The molecule has 0 spiro atoms. The normalized spacial score (nSPS) is 12.3. The zero-order valence-electron chi connectivity index (χ0n) is 8.77. The van der Waals surface area contributed by atoms with Crippen LogP contribution in [0.1, 0.15) is 21.6 Å². The molecule has 80 valence electrons. The lowest BCUT2D eigenvalue weighted by Crippen LogP contribution is -2.08. The number of fused-ring (bicyclic) bond motifs is 3. The Morgan fingerprint density at radius 3 is 2.94 bits per heavy atom. The summed E-state index contributed by atoms with van der Waals surface area (Å²) in [6.45, 7) is 0. The highest BCUT2D eigenvalue weighted by atomic mass is 16.4. The molecule has 0 fully saturated rings. The van der Waals surface area contributed by atoms with Crippen molar-refractivity contribution in [3.05, 3.63) is 41.1 Å². The Hall–Kier alpha value is -2.10. The van der Waals surface area contributed by atoms with Gasteiger partial charge in [0.15, 0.2) is 0 Å². The van der Waals surface area contributed by atoms with Crippen molar-refractivity contribution < 1.29 is 9.90 Å². The van der Waals surface area contributed by atoms with Gasteiger partial charge < -0.3 is 5.11 Å². The van der Waals surface area contributed by atoms with Crippen LogP contribution in [0.15, 0.2) is 24.3 Å². The maximum atomic E-state index is 11.1. The van der Waals surface area contributed by atoms with Crippen molar-refractivity contribution in [3.63, 3.8) is 0 Å². The van der Waals surface area contributed by atoms with Crippen molar-refractivity contribution >= 4 is 5.97 Å². The van der Waals surface area contributed by atoms with Gasteiger partial charge in [0.25, 0.3) is 0 Å². The summed E-state index contributed by atoms with van der Waals surface area (Å²) in [4.78, 5) is 11.1. The number of aromatic carboxylic acids is 1. The molecule has 0 unspecified atom stereocenters. The summed E-state index contributed by atoms with van der Waals surface area (Å²) in [6, 6.07) is 7.91. The molecule has 1 aromatic heterocycles. The van der Waals surface area contributed by atoms with Crippen molar-refractivity contribution in [2.45, 2.75) is 6.42 Å². The Kier molecular flexibility index (Phi) is 1.68. The lowest BCUT2D eigenvalue weighted by atomic mass is 10.1. The Balaban J connectivity index is 2.28. The van der Waals surface area contributed by atoms with E-state index in [4.69, 9.17) is 5.11 Å². The van der Waals surface area contributed by atoms with Gasteiger partial charge in [-0.15, -0.1) is 0 Å². The van der Waals surface area contributed by atoms with Crippen molar-refractivity contribution in [2.24, 2.45) is 7.05 Å².